The van der Waals surface area contributed by atoms with E-state index in [-0.39, 0.29) is 11.3 Å². The fraction of sp³-hybridized carbons (Fsp3) is 0.167. The summed E-state index contributed by atoms with van der Waals surface area (Å²) in [4.78, 5) is 0.988. The second kappa shape index (κ2) is 5.14. The zero-order valence-electron chi connectivity index (χ0n) is 8.90. The van der Waals surface area contributed by atoms with Gasteiger partial charge in [-0.1, -0.05) is 6.07 Å². The van der Waals surface area contributed by atoms with Crippen molar-refractivity contribution < 1.29 is 13.5 Å². The molecule has 2 N–H and O–H groups in total. The van der Waals surface area contributed by atoms with Gasteiger partial charge in [0.15, 0.2) is 0 Å². The van der Waals surface area contributed by atoms with E-state index in [0.29, 0.717) is 12.3 Å². The number of alkyl halides is 2. The molecule has 0 aliphatic carbocycles. The number of ether oxygens (including phenoxy) is 1. The van der Waals surface area contributed by atoms with E-state index in [4.69, 9.17) is 10.5 Å². The summed E-state index contributed by atoms with van der Waals surface area (Å²) < 4.78 is 30.9. The maximum atomic E-state index is 12.7. The highest BCUT2D eigenvalue weighted by molar-refractivity contribution is 7.09. The van der Waals surface area contributed by atoms with Gasteiger partial charge in [-0.2, -0.15) is 0 Å². The number of anilines is 1. The van der Waals surface area contributed by atoms with Crippen molar-refractivity contribution in [2.75, 3.05) is 5.73 Å². The van der Waals surface area contributed by atoms with Crippen LogP contribution in [-0.4, -0.2) is 0 Å². The minimum Gasteiger partial charge on any atom is -0.488 e. The van der Waals surface area contributed by atoms with Crippen LogP contribution in [0.15, 0.2) is 35.7 Å². The molecule has 1 aromatic carbocycles. The SMILES string of the molecule is Nc1ccc(OCc2cccs2)c(C(F)F)c1. The first-order valence-corrected chi connectivity index (χ1v) is 5.87. The normalized spacial score (nSPS) is 10.8. The molecule has 1 aromatic heterocycles. The maximum Gasteiger partial charge on any atom is 0.267 e. The highest BCUT2D eigenvalue weighted by Gasteiger charge is 2.14. The molecule has 0 aliphatic heterocycles. The molecule has 2 rings (SSSR count). The lowest BCUT2D eigenvalue weighted by Gasteiger charge is -2.10. The molecule has 0 amide bonds. The van der Waals surface area contributed by atoms with Gasteiger partial charge in [-0.3, -0.25) is 0 Å². The van der Waals surface area contributed by atoms with Crippen LogP contribution in [0.25, 0.3) is 0 Å². The molecule has 0 bridgehead atoms. The maximum absolute atomic E-state index is 12.7. The average molecular weight is 255 g/mol. The Labute approximate surface area is 102 Å². The Morgan fingerprint density at radius 2 is 2.12 bits per heavy atom. The lowest BCUT2D eigenvalue weighted by Crippen LogP contribution is -1.99. The van der Waals surface area contributed by atoms with Gasteiger partial charge in [0.2, 0.25) is 0 Å². The number of rotatable bonds is 4. The third kappa shape index (κ3) is 2.94. The topological polar surface area (TPSA) is 35.2 Å². The Kier molecular flexibility index (Phi) is 3.58. The van der Waals surface area contributed by atoms with Crippen molar-refractivity contribution in [3.63, 3.8) is 0 Å². The molecule has 1 heterocycles. The summed E-state index contributed by atoms with van der Waals surface area (Å²) in [7, 11) is 0. The lowest BCUT2D eigenvalue weighted by atomic mass is 10.2. The summed E-state index contributed by atoms with van der Waals surface area (Å²) in [5.41, 5.74) is 5.61. The van der Waals surface area contributed by atoms with Crippen LogP contribution in [0.5, 0.6) is 5.75 Å². The van der Waals surface area contributed by atoms with E-state index < -0.39 is 6.43 Å². The summed E-state index contributed by atoms with van der Waals surface area (Å²) in [6, 6.07) is 8.05. The van der Waals surface area contributed by atoms with E-state index in [1.165, 1.54) is 23.5 Å². The minimum atomic E-state index is -2.59. The highest BCUT2D eigenvalue weighted by atomic mass is 32.1. The van der Waals surface area contributed by atoms with Crippen LogP contribution in [0.1, 0.15) is 16.9 Å². The van der Waals surface area contributed by atoms with Crippen molar-refractivity contribution >= 4 is 17.0 Å². The molecule has 0 saturated carbocycles. The molecule has 0 aliphatic rings. The van der Waals surface area contributed by atoms with E-state index in [1.807, 2.05) is 17.5 Å². The minimum absolute atomic E-state index is 0.165. The van der Waals surface area contributed by atoms with Gasteiger partial charge in [-0.25, -0.2) is 8.78 Å². The number of hydrogen-bond acceptors (Lipinski definition) is 3. The molecule has 0 unspecified atom stereocenters. The average Bonchev–Trinajstić information content (AvgIpc) is 2.80. The van der Waals surface area contributed by atoms with E-state index in [0.717, 1.165) is 4.88 Å². The van der Waals surface area contributed by atoms with Gasteiger partial charge in [0.05, 0.1) is 5.56 Å². The van der Waals surface area contributed by atoms with E-state index in [1.54, 1.807) is 6.07 Å². The first-order valence-electron chi connectivity index (χ1n) is 4.99. The number of halogens is 2. The summed E-state index contributed by atoms with van der Waals surface area (Å²) in [5.74, 6) is 0.183. The van der Waals surface area contributed by atoms with Crippen LogP contribution < -0.4 is 10.5 Å². The van der Waals surface area contributed by atoms with E-state index >= 15 is 0 Å². The van der Waals surface area contributed by atoms with Gasteiger partial charge in [0.1, 0.15) is 12.4 Å². The third-order valence-electron chi connectivity index (χ3n) is 2.22. The number of benzene rings is 1. The molecule has 5 heteroatoms. The Hall–Kier alpha value is -1.62. The monoisotopic (exact) mass is 255 g/mol. The number of nitrogens with two attached hydrogens (primary N) is 1. The molecule has 0 atom stereocenters. The second-order valence-corrected chi connectivity index (χ2v) is 4.50. The first-order chi connectivity index (χ1) is 8.16. The zero-order valence-corrected chi connectivity index (χ0v) is 9.71. The molecule has 0 radical (unpaired) electrons. The zero-order chi connectivity index (χ0) is 12.3. The molecule has 0 spiro atoms. The third-order valence-corrected chi connectivity index (χ3v) is 3.07. The van der Waals surface area contributed by atoms with Gasteiger partial charge in [0, 0.05) is 10.6 Å². The van der Waals surface area contributed by atoms with Crippen LogP contribution >= 0.6 is 11.3 Å². The Morgan fingerprint density at radius 1 is 1.29 bits per heavy atom. The van der Waals surface area contributed by atoms with Crippen molar-refractivity contribution in [2.45, 2.75) is 13.0 Å². The van der Waals surface area contributed by atoms with Gasteiger partial charge in [0.25, 0.3) is 6.43 Å². The van der Waals surface area contributed by atoms with Crippen molar-refractivity contribution in [2.24, 2.45) is 0 Å². The number of thiophene rings is 1. The molecular formula is C12H11F2NOS. The largest absolute Gasteiger partial charge is 0.488 e. The van der Waals surface area contributed by atoms with Gasteiger partial charge in [-0.05, 0) is 29.6 Å². The number of nitrogen functional groups attached to an aromatic ring is 1. The Balaban J connectivity index is 2.14. The van der Waals surface area contributed by atoms with Crippen molar-refractivity contribution in [1.82, 2.24) is 0 Å². The van der Waals surface area contributed by atoms with Crippen molar-refractivity contribution in [3.8, 4) is 5.75 Å². The molecule has 2 aromatic rings. The quantitative estimate of drug-likeness (QED) is 0.842. The highest BCUT2D eigenvalue weighted by Crippen LogP contribution is 2.31. The molecule has 2 nitrogen and oxygen atoms in total. The summed E-state index contributed by atoms with van der Waals surface area (Å²) in [6.07, 6.45) is -2.59. The molecule has 17 heavy (non-hydrogen) atoms. The predicted octanol–water partition coefficient (Wildman–Crippen LogP) is 3.85. The summed E-state index contributed by atoms with van der Waals surface area (Å²) >= 11 is 1.52. The lowest BCUT2D eigenvalue weighted by molar-refractivity contribution is 0.144. The van der Waals surface area contributed by atoms with E-state index in [2.05, 4.69) is 0 Å². The van der Waals surface area contributed by atoms with Gasteiger partial charge < -0.3 is 10.5 Å². The van der Waals surface area contributed by atoms with Crippen molar-refractivity contribution in [1.29, 1.82) is 0 Å². The Morgan fingerprint density at radius 3 is 2.76 bits per heavy atom. The van der Waals surface area contributed by atoms with E-state index in [9.17, 15) is 8.78 Å². The van der Waals surface area contributed by atoms with Crippen LogP contribution in [0, 0.1) is 0 Å². The molecule has 90 valence electrons. The number of hydrogen-bond donors (Lipinski definition) is 1. The molecule has 0 fully saturated rings. The van der Waals surface area contributed by atoms with Crippen LogP contribution in [-0.2, 0) is 6.61 Å². The van der Waals surface area contributed by atoms with Crippen LogP contribution in [0.4, 0.5) is 14.5 Å². The fourth-order valence-electron chi connectivity index (χ4n) is 1.41. The predicted molar refractivity (Wildman–Crippen MR) is 64.5 cm³/mol. The van der Waals surface area contributed by atoms with Crippen LogP contribution in [0.3, 0.4) is 0 Å². The fourth-order valence-corrected chi connectivity index (χ4v) is 2.03. The first kappa shape index (κ1) is 11.9. The van der Waals surface area contributed by atoms with Gasteiger partial charge in [-0.15, -0.1) is 11.3 Å². The second-order valence-electron chi connectivity index (χ2n) is 3.47. The summed E-state index contributed by atoms with van der Waals surface area (Å²) in [5, 5.41) is 1.91. The summed E-state index contributed by atoms with van der Waals surface area (Å²) in [6.45, 7) is 0.293. The smallest absolute Gasteiger partial charge is 0.267 e. The molecule has 0 saturated heterocycles. The van der Waals surface area contributed by atoms with Gasteiger partial charge >= 0.3 is 0 Å². The van der Waals surface area contributed by atoms with Crippen LogP contribution in [0.2, 0.25) is 0 Å². The Bertz CT molecular complexity index is 485. The van der Waals surface area contributed by atoms with Crippen molar-refractivity contribution in [3.05, 3.63) is 46.2 Å². The molecular weight excluding hydrogens is 244 g/mol. The standard InChI is InChI=1S/C12H11F2NOS/c13-12(14)10-6-8(15)3-4-11(10)16-7-9-2-1-5-17-9/h1-6,12H,7,15H2.